The van der Waals surface area contributed by atoms with Crippen LogP contribution in [0, 0.1) is 5.92 Å². The van der Waals surface area contributed by atoms with Crippen LogP contribution in [0.1, 0.15) is 33.4 Å². The monoisotopic (exact) mass is 210 g/mol. The lowest BCUT2D eigenvalue weighted by molar-refractivity contribution is -0.141. The summed E-state index contributed by atoms with van der Waals surface area (Å²) >= 11 is 0. The number of imidazole rings is 1. The molecule has 15 heavy (non-hydrogen) atoms. The third-order valence-corrected chi connectivity index (χ3v) is 2.35. The van der Waals surface area contributed by atoms with Gasteiger partial charge in [-0.15, -0.1) is 0 Å². The molecule has 1 N–H and O–H groups in total. The van der Waals surface area contributed by atoms with Gasteiger partial charge in [0.25, 0.3) is 0 Å². The highest BCUT2D eigenvalue weighted by Gasteiger charge is 2.16. The van der Waals surface area contributed by atoms with Crippen LogP contribution in [-0.2, 0) is 16.8 Å². The van der Waals surface area contributed by atoms with E-state index in [0.29, 0.717) is 6.42 Å². The van der Waals surface area contributed by atoms with Gasteiger partial charge in [0.15, 0.2) is 0 Å². The van der Waals surface area contributed by atoms with Crippen molar-refractivity contribution in [1.82, 2.24) is 9.55 Å². The van der Waals surface area contributed by atoms with Gasteiger partial charge in [-0.1, -0.05) is 6.92 Å². The quantitative estimate of drug-likeness (QED) is 0.829. The largest absolute Gasteiger partial charge is 0.481 e. The average Bonchev–Trinajstić information content (AvgIpc) is 2.51. The number of rotatable bonds is 3. The van der Waals surface area contributed by atoms with Crippen LogP contribution >= 0.6 is 0 Å². The first-order chi connectivity index (χ1) is 6.80. The Hall–Kier alpha value is -1.32. The Morgan fingerprint density at radius 1 is 1.60 bits per heavy atom. The zero-order valence-electron chi connectivity index (χ0n) is 9.69. The molecule has 1 heterocycles. The lowest BCUT2D eigenvalue weighted by Crippen LogP contribution is -2.19. The molecule has 0 amide bonds. The molecule has 1 atom stereocenters. The highest BCUT2D eigenvalue weighted by molar-refractivity contribution is 5.69. The molecular weight excluding hydrogens is 192 g/mol. The highest BCUT2D eigenvalue weighted by Crippen LogP contribution is 2.15. The molecule has 0 aliphatic rings. The zero-order valence-corrected chi connectivity index (χ0v) is 9.69. The second kappa shape index (κ2) is 4.04. The first-order valence-electron chi connectivity index (χ1n) is 5.07. The van der Waals surface area contributed by atoms with E-state index >= 15 is 0 Å². The van der Waals surface area contributed by atoms with Gasteiger partial charge in [-0.2, -0.15) is 0 Å². The molecule has 0 bridgehead atoms. The molecule has 4 heteroatoms. The molecule has 0 aliphatic carbocycles. The molecule has 0 aliphatic heterocycles. The number of carboxylic acids is 1. The number of aromatic nitrogens is 2. The fourth-order valence-electron chi connectivity index (χ4n) is 1.24. The second-order valence-electron chi connectivity index (χ2n) is 4.89. The van der Waals surface area contributed by atoms with E-state index in [1.165, 1.54) is 0 Å². The molecular formula is C11H18N2O2. The van der Waals surface area contributed by atoms with Gasteiger partial charge in [-0.3, -0.25) is 4.79 Å². The van der Waals surface area contributed by atoms with Gasteiger partial charge in [-0.25, -0.2) is 4.98 Å². The maximum Gasteiger partial charge on any atom is 0.306 e. The van der Waals surface area contributed by atoms with E-state index in [-0.39, 0.29) is 11.5 Å². The van der Waals surface area contributed by atoms with Crippen LogP contribution in [-0.4, -0.2) is 20.6 Å². The Bertz CT molecular complexity index is 350. The van der Waals surface area contributed by atoms with Crippen molar-refractivity contribution in [3.63, 3.8) is 0 Å². The molecule has 4 nitrogen and oxygen atoms in total. The first kappa shape index (κ1) is 11.8. The van der Waals surface area contributed by atoms with Gasteiger partial charge in [0.1, 0.15) is 0 Å². The number of hydrogen-bond acceptors (Lipinski definition) is 2. The zero-order chi connectivity index (χ0) is 11.6. The summed E-state index contributed by atoms with van der Waals surface area (Å²) in [5.41, 5.74) is 0.831. The number of carboxylic acid groups (broad SMARTS) is 1. The highest BCUT2D eigenvalue weighted by atomic mass is 16.4. The third-order valence-electron chi connectivity index (χ3n) is 2.35. The minimum absolute atomic E-state index is 0.00227. The van der Waals surface area contributed by atoms with Crippen molar-refractivity contribution >= 4 is 5.97 Å². The van der Waals surface area contributed by atoms with Crippen LogP contribution in [0.3, 0.4) is 0 Å². The lowest BCUT2D eigenvalue weighted by atomic mass is 10.1. The predicted molar refractivity (Wildman–Crippen MR) is 57.7 cm³/mol. The molecule has 0 aromatic carbocycles. The Labute approximate surface area is 89.9 Å². The fraction of sp³-hybridized carbons (Fsp3) is 0.636. The Balaban J connectivity index is 2.73. The standard InChI is InChI=1S/C11H18N2O2/c1-8(10(14)15)5-9-6-13(7-12-9)11(2,3)4/h6-8H,5H2,1-4H3,(H,14,15). The number of aliphatic carboxylic acids is 1. The molecule has 1 aromatic heterocycles. The van der Waals surface area contributed by atoms with Crippen molar-refractivity contribution < 1.29 is 9.90 Å². The fourth-order valence-corrected chi connectivity index (χ4v) is 1.24. The molecule has 1 rings (SSSR count). The minimum Gasteiger partial charge on any atom is -0.481 e. The molecule has 0 fully saturated rings. The second-order valence-corrected chi connectivity index (χ2v) is 4.89. The third kappa shape index (κ3) is 3.08. The molecule has 1 unspecified atom stereocenters. The summed E-state index contributed by atoms with van der Waals surface area (Å²) in [6.45, 7) is 7.94. The minimum atomic E-state index is -0.777. The average molecular weight is 210 g/mol. The predicted octanol–water partition coefficient (Wildman–Crippen LogP) is 1.90. The van der Waals surface area contributed by atoms with E-state index in [0.717, 1.165) is 5.69 Å². The van der Waals surface area contributed by atoms with E-state index in [2.05, 4.69) is 25.8 Å². The summed E-state index contributed by atoms with van der Waals surface area (Å²) in [5.74, 6) is -1.16. The van der Waals surface area contributed by atoms with Crippen molar-refractivity contribution in [3.05, 3.63) is 18.2 Å². The molecule has 0 saturated carbocycles. The summed E-state index contributed by atoms with van der Waals surface area (Å²) in [4.78, 5) is 14.9. The van der Waals surface area contributed by atoms with Crippen LogP contribution in [0.15, 0.2) is 12.5 Å². The van der Waals surface area contributed by atoms with E-state index in [1.807, 2.05) is 10.8 Å². The van der Waals surface area contributed by atoms with Crippen LogP contribution in [0.25, 0.3) is 0 Å². The van der Waals surface area contributed by atoms with Crippen molar-refractivity contribution in [2.24, 2.45) is 5.92 Å². The molecule has 0 spiro atoms. The summed E-state index contributed by atoms with van der Waals surface area (Å²) in [6.07, 6.45) is 4.15. The SMILES string of the molecule is CC(Cc1cn(C(C)(C)C)cn1)C(=O)O. The first-order valence-corrected chi connectivity index (χ1v) is 5.07. The lowest BCUT2D eigenvalue weighted by Gasteiger charge is -2.19. The van der Waals surface area contributed by atoms with Crippen molar-refractivity contribution in [3.8, 4) is 0 Å². The molecule has 0 saturated heterocycles. The summed E-state index contributed by atoms with van der Waals surface area (Å²) in [5, 5.41) is 8.78. The van der Waals surface area contributed by atoms with Gasteiger partial charge in [0.2, 0.25) is 0 Å². The summed E-state index contributed by atoms with van der Waals surface area (Å²) < 4.78 is 2.00. The van der Waals surface area contributed by atoms with Crippen molar-refractivity contribution in [2.45, 2.75) is 39.7 Å². The van der Waals surface area contributed by atoms with Crippen LogP contribution in [0.5, 0.6) is 0 Å². The summed E-state index contributed by atoms with van der Waals surface area (Å²) in [6, 6.07) is 0. The van der Waals surface area contributed by atoms with Gasteiger partial charge >= 0.3 is 5.97 Å². The molecule has 0 radical (unpaired) electrons. The molecule has 1 aromatic rings. The van der Waals surface area contributed by atoms with E-state index in [4.69, 9.17) is 5.11 Å². The van der Waals surface area contributed by atoms with E-state index in [1.54, 1.807) is 13.3 Å². The van der Waals surface area contributed by atoms with E-state index < -0.39 is 5.97 Å². The number of nitrogens with zero attached hydrogens (tertiary/aromatic N) is 2. The maximum absolute atomic E-state index is 10.7. The smallest absolute Gasteiger partial charge is 0.306 e. The maximum atomic E-state index is 10.7. The number of hydrogen-bond donors (Lipinski definition) is 1. The van der Waals surface area contributed by atoms with Crippen LogP contribution in [0.2, 0.25) is 0 Å². The topological polar surface area (TPSA) is 55.1 Å². The Morgan fingerprint density at radius 3 is 2.60 bits per heavy atom. The van der Waals surface area contributed by atoms with Gasteiger partial charge in [-0.05, 0) is 20.8 Å². The summed E-state index contributed by atoms with van der Waals surface area (Å²) in [7, 11) is 0. The Morgan fingerprint density at radius 2 is 2.20 bits per heavy atom. The normalized spacial score (nSPS) is 13.9. The Kier molecular flexibility index (Phi) is 3.17. The van der Waals surface area contributed by atoms with Gasteiger partial charge < -0.3 is 9.67 Å². The van der Waals surface area contributed by atoms with Gasteiger partial charge in [0.05, 0.1) is 17.9 Å². The van der Waals surface area contributed by atoms with Crippen LogP contribution < -0.4 is 0 Å². The van der Waals surface area contributed by atoms with Crippen molar-refractivity contribution in [1.29, 1.82) is 0 Å². The molecule has 84 valence electrons. The number of carbonyl (C=O) groups is 1. The van der Waals surface area contributed by atoms with Gasteiger partial charge in [0, 0.05) is 18.2 Å². The van der Waals surface area contributed by atoms with Crippen LogP contribution in [0.4, 0.5) is 0 Å². The van der Waals surface area contributed by atoms with Crippen molar-refractivity contribution in [2.75, 3.05) is 0 Å². The van der Waals surface area contributed by atoms with E-state index in [9.17, 15) is 4.79 Å².